The number of aromatic nitrogens is 4. The van der Waals surface area contributed by atoms with Gasteiger partial charge in [0.15, 0.2) is 0 Å². The van der Waals surface area contributed by atoms with E-state index in [0.717, 1.165) is 24.9 Å². The van der Waals surface area contributed by atoms with E-state index in [1.807, 2.05) is 30.3 Å². The molecule has 0 amide bonds. The van der Waals surface area contributed by atoms with E-state index in [9.17, 15) is 4.79 Å². The second-order valence-electron chi connectivity index (χ2n) is 4.28. The molecule has 0 saturated carbocycles. The average molecular weight is 292 g/mol. The van der Waals surface area contributed by atoms with E-state index < -0.39 is 5.97 Å². The Labute approximate surface area is 122 Å². The molecule has 1 aromatic heterocycles. The van der Waals surface area contributed by atoms with Gasteiger partial charge in [-0.15, -0.1) is 0 Å². The molecule has 0 aliphatic carbocycles. The van der Waals surface area contributed by atoms with Crippen LogP contribution in [-0.4, -0.2) is 37.8 Å². The molecular weight excluding hydrogens is 272 g/mol. The molecule has 5 N–H and O–H groups in total. The number of tetrazole rings is 1. The van der Waals surface area contributed by atoms with Gasteiger partial charge in [-0.3, -0.25) is 4.79 Å². The predicted molar refractivity (Wildman–Crippen MR) is 78.7 cm³/mol. The van der Waals surface area contributed by atoms with E-state index in [0.29, 0.717) is 12.5 Å². The van der Waals surface area contributed by atoms with Crippen molar-refractivity contribution in [2.45, 2.75) is 25.7 Å². The van der Waals surface area contributed by atoms with E-state index in [1.165, 1.54) is 4.68 Å². The highest BCUT2D eigenvalue weighted by molar-refractivity contribution is 5.66. The topological polar surface area (TPSA) is 133 Å². The van der Waals surface area contributed by atoms with E-state index in [2.05, 4.69) is 15.5 Å². The van der Waals surface area contributed by atoms with Crippen LogP contribution in [-0.2, 0) is 4.79 Å². The maximum absolute atomic E-state index is 9.93. The summed E-state index contributed by atoms with van der Waals surface area (Å²) >= 11 is 0. The van der Waals surface area contributed by atoms with Gasteiger partial charge in [0.05, 0.1) is 5.69 Å². The van der Waals surface area contributed by atoms with Crippen molar-refractivity contribution in [3.8, 4) is 5.69 Å². The molecule has 0 unspecified atom stereocenters. The lowest BCUT2D eigenvalue weighted by molar-refractivity contribution is -0.137. The van der Waals surface area contributed by atoms with Gasteiger partial charge in [-0.25, -0.2) is 0 Å². The van der Waals surface area contributed by atoms with Gasteiger partial charge in [0.2, 0.25) is 5.95 Å². The monoisotopic (exact) mass is 292 g/mol. The molecule has 1 heterocycles. The zero-order valence-corrected chi connectivity index (χ0v) is 11.7. The fraction of sp³-hybridized carbons (Fsp3) is 0.385. The lowest BCUT2D eigenvalue weighted by atomic mass is 10.2. The molecule has 0 fully saturated rings. The number of anilines is 1. The van der Waals surface area contributed by atoms with Gasteiger partial charge in [-0.05, 0) is 41.9 Å². The van der Waals surface area contributed by atoms with Crippen molar-refractivity contribution in [2.75, 3.05) is 12.3 Å². The quantitative estimate of drug-likeness (QED) is 0.671. The minimum absolute atomic E-state index is 0.278. The number of nitrogens with two attached hydrogens (primary N) is 2. The van der Waals surface area contributed by atoms with Crippen molar-refractivity contribution < 1.29 is 9.90 Å². The second kappa shape index (κ2) is 9.43. The number of nitrogens with zero attached hydrogens (tertiary/aromatic N) is 4. The van der Waals surface area contributed by atoms with Gasteiger partial charge < -0.3 is 16.6 Å². The summed E-state index contributed by atoms with van der Waals surface area (Å²) in [7, 11) is 0. The number of hydrogen-bond donors (Lipinski definition) is 3. The number of para-hydroxylation sites is 1. The van der Waals surface area contributed by atoms with Crippen LogP contribution < -0.4 is 11.5 Å². The van der Waals surface area contributed by atoms with Crippen LogP contribution in [0.15, 0.2) is 30.3 Å². The normalized spacial score (nSPS) is 9.76. The molecule has 114 valence electrons. The highest BCUT2D eigenvalue weighted by Crippen LogP contribution is 2.06. The molecule has 2 aromatic rings. The maximum atomic E-state index is 9.93. The Morgan fingerprint density at radius 1 is 1.19 bits per heavy atom. The van der Waals surface area contributed by atoms with Crippen LogP contribution in [0.2, 0.25) is 0 Å². The highest BCUT2D eigenvalue weighted by Gasteiger charge is 2.01. The van der Waals surface area contributed by atoms with Crippen LogP contribution in [0.3, 0.4) is 0 Å². The van der Waals surface area contributed by atoms with Crippen molar-refractivity contribution >= 4 is 11.9 Å². The minimum Gasteiger partial charge on any atom is -0.481 e. The van der Waals surface area contributed by atoms with Gasteiger partial charge in [-0.1, -0.05) is 29.7 Å². The number of rotatable bonds is 6. The molecule has 0 radical (unpaired) electrons. The van der Waals surface area contributed by atoms with Crippen LogP contribution in [0.1, 0.15) is 25.7 Å². The number of nitrogen functional groups attached to an aromatic ring is 1. The summed E-state index contributed by atoms with van der Waals surface area (Å²) in [6, 6.07) is 9.48. The Kier molecular flexibility index (Phi) is 7.44. The minimum atomic E-state index is -0.716. The molecule has 0 saturated heterocycles. The number of carbonyl (C=O) groups is 1. The smallest absolute Gasteiger partial charge is 0.303 e. The lowest BCUT2D eigenvalue weighted by Crippen LogP contribution is -2.01. The van der Waals surface area contributed by atoms with Crippen LogP contribution in [0.5, 0.6) is 0 Å². The van der Waals surface area contributed by atoms with Gasteiger partial charge in [0, 0.05) is 6.42 Å². The van der Waals surface area contributed by atoms with Gasteiger partial charge in [0.1, 0.15) is 0 Å². The molecule has 0 bridgehead atoms. The summed E-state index contributed by atoms with van der Waals surface area (Å²) in [5.74, 6) is -0.423. The van der Waals surface area contributed by atoms with E-state index in [-0.39, 0.29) is 6.42 Å². The number of aliphatic carboxylic acids is 1. The number of hydrogen-bond acceptors (Lipinski definition) is 6. The standard InChI is InChI=1S/C7H7N5.C6H13NO2/c8-7-9-10-11-12(7)6-4-2-1-3-5-6;7-5-3-1-2-4-6(8)9/h1-5H,(H2,8,9,11);1-5,7H2,(H,8,9). The number of carboxylic acid groups (broad SMARTS) is 1. The van der Waals surface area contributed by atoms with E-state index in [1.54, 1.807) is 0 Å². The Balaban J connectivity index is 0.000000222. The summed E-state index contributed by atoms with van der Waals surface area (Å²) in [5, 5.41) is 18.9. The third-order valence-electron chi connectivity index (χ3n) is 2.59. The third-order valence-corrected chi connectivity index (χ3v) is 2.59. The Hall–Kier alpha value is -2.48. The SMILES string of the molecule is NCCCCCC(=O)O.Nc1nnnn1-c1ccccc1. The van der Waals surface area contributed by atoms with Crippen molar-refractivity contribution in [1.29, 1.82) is 0 Å². The molecule has 0 spiro atoms. The van der Waals surface area contributed by atoms with Crippen LogP contribution in [0.4, 0.5) is 5.95 Å². The number of unbranched alkanes of at least 4 members (excludes halogenated alkanes) is 2. The van der Waals surface area contributed by atoms with E-state index in [4.69, 9.17) is 16.6 Å². The molecule has 1 aromatic carbocycles. The summed E-state index contributed by atoms with van der Waals surface area (Å²) in [6.07, 6.45) is 2.91. The predicted octanol–water partition coefficient (Wildman–Crippen LogP) is 0.835. The van der Waals surface area contributed by atoms with Crippen LogP contribution >= 0.6 is 0 Å². The second-order valence-corrected chi connectivity index (χ2v) is 4.28. The molecule has 21 heavy (non-hydrogen) atoms. The van der Waals surface area contributed by atoms with Gasteiger partial charge >= 0.3 is 5.97 Å². The summed E-state index contributed by atoms with van der Waals surface area (Å²) < 4.78 is 1.47. The number of benzene rings is 1. The van der Waals surface area contributed by atoms with Crippen LogP contribution in [0.25, 0.3) is 5.69 Å². The fourth-order valence-electron chi connectivity index (χ4n) is 1.54. The highest BCUT2D eigenvalue weighted by atomic mass is 16.4. The molecule has 8 nitrogen and oxygen atoms in total. The first-order valence-corrected chi connectivity index (χ1v) is 6.66. The summed E-state index contributed by atoms with van der Waals surface area (Å²) in [6.45, 7) is 0.666. The van der Waals surface area contributed by atoms with Gasteiger partial charge in [-0.2, -0.15) is 4.68 Å². The van der Waals surface area contributed by atoms with E-state index >= 15 is 0 Å². The zero-order valence-electron chi connectivity index (χ0n) is 11.7. The first-order valence-electron chi connectivity index (χ1n) is 6.66. The molecule has 0 aliphatic rings. The molecule has 8 heteroatoms. The Morgan fingerprint density at radius 2 is 1.90 bits per heavy atom. The van der Waals surface area contributed by atoms with Crippen molar-refractivity contribution in [1.82, 2.24) is 20.2 Å². The lowest BCUT2D eigenvalue weighted by Gasteiger charge is -1.98. The molecular formula is C13H20N6O2. The van der Waals surface area contributed by atoms with Crippen molar-refractivity contribution in [3.63, 3.8) is 0 Å². The Morgan fingerprint density at radius 3 is 2.43 bits per heavy atom. The molecule has 2 rings (SSSR count). The zero-order chi connectivity index (χ0) is 15.5. The first kappa shape index (κ1) is 16.6. The van der Waals surface area contributed by atoms with Crippen LogP contribution in [0, 0.1) is 0 Å². The largest absolute Gasteiger partial charge is 0.481 e. The van der Waals surface area contributed by atoms with Crippen molar-refractivity contribution in [2.24, 2.45) is 5.73 Å². The fourth-order valence-corrected chi connectivity index (χ4v) is 1.54. The number of carboxylic acids is 1. The first-order chi connectivity index (χ1) is 10.1. The third kappa shape index (κ3) is 6.48. The maximum Gasteiger partial charge on any atom is 0.303 e. The van der Waals surface area contributed by atoms with Crippen molar-refractivity contribution in [3.05, 3.63) is 30.3 Å². The summed E-state index contributed by atoms with van der Waals surface area (Å²) in [5.41, 5.74) is 11.6. The molecule has 0 aliphatic heterocycles. The Bertz CT molecular complexity index is 528. The molecule has 0 atom stereocenters. The van der Waals surface area contributed by atoms with Gasteiger partial charge in [0.25, 0.3) is 0 Å². The summed E-state index contributed by atoms with van der Waals surface area (Å²) in [4.78, 5) is 9.93. The average Bonchev–Trinajstić information content (AvgIpc) is 2.91.